The molecule has 0 radical (unpaired) electrons. The molecule has 2 aromatic heterocycles. The maximum absolute atomic E-state index is 5.59. The van der Waals surface area contributed by atoms with E-state index < -0.39 is 0 Å². The van der Waals surface area contributed by atoms with Crippen LogP contribution in [-0.4, -0.2) is 35.8 Å². The number of ether oxygens (including phenoxy) is 1. The fourth-order valence-electron chi connectivity index (χ4n) is 2.36. The van der Waals surface area contributed by atoms with Crippen LogP contribution in [0, 0.1) is 6.92 Å². The van der Waals surface area contributed by atoms with Crippen molar-refractivity contribution in [2.75, 3.05) is 24.3 Å². The van der Waals surface area contributed by atoms with Crippen LogP contribution in [0.3, 0.4) is 0 Å². The van der Waals surface area contributed by atoms with E-state index in [2.05, 4.69) is 40.5 Å². The van der Waals surface area contributed by atoms with Crippen molar-refractivity contribution in [2.24, 2.45) is 0 Å². The maximum atomic E-state index is 5.59. The van der Waals surface area contributed by atoms with E-state index >= 15 is 0 Å². The number of aryl methyl sites for hydroxylation is 1. The summed E-state index contributed by atoms with van der Waals surface area (Å²) >= 11 is 1.69. The monoisotopic (exact) mass is 278 g/mol. The summed E-state index contributed by atoms with van der Waals surface area (Å²) in [4.78, 5) is 11.3. The summed E-state index contributed by atoms with van der Waals surface area (Å²) in [5.74, 6) is 1.56. The fourth-order valence-corrected chi connectivity index (χ4v) is 3.24. The van der Waals surface area contributed by atoms with Gasteiger partial charge in [0.25, 0.3) is 0 Å². The normalized spacial score (nSPS) is 22.9. The van der Waals surface area contributed by atoms with Crippen LogP contribution in [0.1, 0.15) is 18.2 Å². The Morgan fingerprint density at radius 3 is 2.95 bits per heavy atom. The number of nitrogens with one attached hydrogen (secondary N) is 2. The number of aromatic nitrogens is 2. The smallest absolute Gasteiger partial charge is 0.225 e. The van der Waals surface area contributed by atoms with Crippen molar-refractivity contribution in [1.82, 2.24) is 9.97 Å². The van der Waals surface area contributed by atoms with Gasteiger partial charge >= 0.3 is 0 Å². The number of nitrogens with zero attached hydrogens (tertiary/aromatic N) is 2. The molecule has 1 aliphatic rings. The number of hydrogen-bond donors (Lipinski definition) is 2. The van der Waals surface area contributed by atoms with Gasteiger partial charge in [0, 0.05) is 18.5 Å². The molecular weight excluding hydrogens is 260 g/mol. The molecule has 0 aliphatic carbocycles. The second-order valence-electron chi connectivity index (χ2n) is 4.84. The van der Waals surface area contributed by atoms with Gasteiger partial charge in [-0.15, -0.1) is 11.3 Å². The Bertz CT molecular complexity index is 598. The molecule has 1 fully saturated rings. The van der Waals surface area contributed by atoms with Gasteiger partial charge in [-0.3, -0.25) is 0 Å². The Morgan fingerprint density at radius 2 is 2.26 bits per heavy atom. The van der Waals surface area contributed by atoms with Crippen molar-refractivity contribution in [3.05, 3.63) is 10.9 Å². The van der Waals surface area contributed by atoms with Crippen LogP contribution < -0.4 is 10.6 Å². The molecule has 6 heteroatoms. The first-order valence-electron chi connectivity index (χ1n) is 6.51. The lowest BCUT2D eigenvalue weighted by Crippen LogP contribution is -2.27. The number of fused-ring (bicyclic) bond motifs is 1. The molecule has 1 aliphatic heterocycles. The first-order valence-corrected chi connectivity index (χ1v) is 7.33. The summed E-state index contributed by atoms with van der Waals surface area (Å²) < 4.78 is 5.59. The average molecular weight is 278 g/mol. The first kappa shape index (κ1) is 12.6. The second-order valence-corrected chi connectivity index (χ2v) is 6.07. The summed E-state index contributed by atoms with van der Waals surface area (Å²) in [7, 11) is 1.84. The molecule has 19 heavy (non-hydrogen) atoms. The zero-order valence-corrected chi connectivity index (χ0v) is 12.2. The zero-order chi connectivity index (χ0) is 13.4. The predicted molar refractivity (Wildman–Crippen MR) is 79.1 cm³/mol. The van der Waals surface area contributed by atoms with Crippen molar-refractivity contribution in [1.29, 1.82) is 0 Å². The highest BCUT2D eigenvalue weighted by Gasteiger charge is 2.25. The summed E-state index contributed by atoms with van der Waals surface area (Å²) in [6.07, 6.45) is 1.24. The third-order valence-corrected chi connectivity index (χ3v) is 4.38. The standard InChI is InChI=1S/C13H18N4OS/c1-7-6-9-11(15-10-4-5-18-8(10)2)16-13(14-3)17-12(9)19-7/h6,8,10H,4-5H2,1-3H3,(H2,14,15,16,17). The summed E-state index contributed by atoms with van der Waals surface area (Å²) in [5, 5.41) is 7.63. The van der Waals surface area contributed by atoms with Crippen LogP contribution in [0.25, 0.3) is 10.2 Å². The number of thiophene rings is 1. The van der Waals surface area contributed by atoms with E-state index in [0.717, 1.165) is 29.1 Å². The third kappa shape index (κ3) is 2.37. The van der Waals surface area contributed by atoms with E-state index in [1.54, 1.807) is 11.3 Å². The molecule has 3 rings (SSSR count). The van der Waals surface area contributed by atoms with Crippen molar-refractivity contribution < 1.29 is 4.74 Å². The molecule has 0 spiro atoms. The van der Waals surface area contributed by atoms with Gasteiger partial charge in [0.1, 0.15) is 10.6 Å². The van der Waals surface area contributed by atoms with Crippen molar-refractivity contribution in [3.63, 3.8) is 0 Å². The zero-order valence-electron chi connectivity index (χ0n) is 11.4. The lowest BCUT2D eigenvalue weighted by Gasteiger charge is -2.17. The minimum absolute atomic E-state index is 0.225. The highest BCUT2D eigenvalue weighted by molar-refractivity contribution is 7.18. The number of rotatable bonds is 3. The molecule has 2 unspecified atom stereocenters. The molecule has 2 aromatic rings. The predicted octanol–water partition coefficient (Wildman–Crippen LogP) is 2.63. The SMILES string of the molecule is CNc1nc(NC2CCOC2C)c2cc(C)sc2n1. The minimum atomic E-state index is 0.225. The van der Waals surface area contributed by atoms with Gasteiger partial charge in [-0.2, -0.15) is 4.98 Å². The van der Waals surface area contributed by atoms with Crippen LogP contribution in [0.4, 0.5) is 11.8 Å². The molecule has 2 atom stereocenters. The third-order valence-electron chi connectivity index (χ3n) is 3.44. The van der Waals surface area contributed by atoms with Crippen molar-refractivity contribution in [3.8, 4) is 0 Å². The second kappa shape index (κ2) is 4.94. The van der Waals surface area contributed by atoms with E-state index in [9.17, 15) is 0 Å². The van der Waals surface area contributed by atoms with Crippen LogP contribution in [0.5, 0.6) is 0 Å². The van der Waals surface area contributed by atoms with Gasteiger partial charge in [0.05, 0.1) is 17.5 Å². The van der Waals surface area contributed by atoms with Crippen molar-refractivity contribution >= 4 is 33.3 Å². The van der Waals surface area contributed by atoms with Gasteiger partial charge in [-0.05, 0) is 26.3 Å². The molecule has 0 aromatic carbocycles. The van der Waals surface area contributed by atoms with Crippen LogP contribution in [0.15, 0.2) is 6.07 Å². The Balaban J connectivity index is 2.00. The quantitative estimate of drug-likeness (QED) is 0.904. The summed E-state index contributed by atoms with van der Waals surface area (Å²) in [6, 6.07) is 2.46. The van der Waals surface area contributed by atoms with Crippen LogP contribution in [0.2, 0.25) is 0 Å². The Labute approximate surface area is 116 Å². The molecule has 2 N–H and O–H groups in total. The van der Waals surface area contributed by atoms with Gasteiger partial charge in [0.2, 0.25) is 5.95 Å². The highest BCUT2D eigenvalue weighted by atomic mass is 32.1. The Kier molecular flexibility index (Phi) is 3.28. The van der Waals surface area contributed by atoms with Gasteiger partial charge in [0.15, 0.2) is 0 Å². The molecule has 5 nitrogen and oxygen atoms in total. The molecular formula is C13H18N4OS. The first-order chi connectivity index (χ1) is 9.17. The van der Waals surface area contributed by atoms with Gasteiger partial charge < -0.3 is 15.4 Å². The molecule has 0 amide bonds. The van der Waals surface area contributed by atoms with Gasteiger partial charge in [-0.25, -0.2) is 4.98 Å². The fraction of sp³-hybridized carbons (Fsp3) is 0.538. The molecule has 0 bridgehead atoms. The molecule has 1 saturated heterocycles. The topological polar surface area (TPSA) is 59.1 Å². The van der Waals surface area contributed by atoms with E-state index in [0.29, 0.717) is 12.0 Å². The van der Waals surface area contributed by atoms with Crippen molar-refractivity contribution in [2.45, 2.75) is 32.4 Å². The lowest BCUT2D eigenvalue weighted by atomic mass is 10.1. The van der Waals surface area contributed by atoms with E-state index in [4.69, 9.17) is 4.74 Å². The van der Waals surface area contributed by atoms with E-state index in [1.165, 1.54) is 4.88 Å². The summed E-state index contributed by atoms with van der Waals surface area (Å²) in [5.41, 5.74) is 0. The molecule has 0 saturated carbocycles. The Morgan fingerprint density at radius 1 is 1.42 bits per heavy atom. The van der Waals surface area contributed by atoms with Gasteiger partial charge in [-0.1, -0.05) is 0 Å². The van der Waals surface area contributed by atoms with E-state index in [-0.39, 0.29) is 6.10 Å². The van der Waals surface area contributed by atoms with Crippen LogP contribution in [-0.2, 0) is 4.74 Å². The average Bonchev–Trinajstić information content (AvgIpc) is 2.95. The van der Waals surface area contributed by atoms with E-state index in [1.807, 2.05) is 7.05 Å². The number of hydrogen-bond acceptors (Lipinski definition) is 6. The van der Waals surface area contributed by atoms with Crippen LogP contribution >= 0.6 is 11.3 Å². The largest absolute Gasteiger partial charge is 0.376 e. The minimum Gasteiger partial charge on any atom is -0.376 e. The highest BCUT2D eigenvalue weighted by Crippen LogP contribution is 2.31. The maximum Gasteiger partial charge on any atom is 0.225 e. The molecule has 3 heterocycles. The lowest BCUT2D eigenvalue weighted by molar-refractivity contribution is 0.121. The Hall–Kier alpha value is -1.40. The summed E-state index contributed by atoms with van der Waals surface area (Å²) in [6.45, 7) is 5.01. The number of anilines is 2. The molecule has 102 valence electrons.